The van der Waals surface area contributed by atoms with Crippen LogP contribution in [0.25, 0.3) is 28.6 Å². The van der Waals surface area contributed by atoms with Gasteiger partial charge in [-0.25, -0.2) is 54.2 Å². The Labute approximate surface area is 560 Å². The van der Waals surface area contributed by atoms with Crippen molar-refractivity contribution < 1.29 is 72.9 Å². The summed E-state index contributed by atoms with van der Waals surface area (Å²) in [6.07, 6.45) is 5.80. The van der Waals surface area contributed by atoms with Crippen LogP contribution in [0.1, 0.15) is 157 Å². The molecule has 4 heterocycles. The van der Waals surface area contributed by atoms with Gasteiger partial charge in [-0.1, -0.05) is 101 Å². The Hall–Kier alpha value is -6.89. The Kier molecular flexibility index (Phi) is 25.6. The number of carbonyl (C=O) groups is 2. The highest BCUT2D eigenvalue weighted by Crippen LogP contribution is 2.50. The highest BCUT2D eigenvalue weighted by atomic mass is 32.2. The average Bonchev–Trinajstić information content (AvgIpc) is 0.769. The van der Waals surface area contributed by atoms with Crippen molar-refractivity contribution in [2.45, 2.75) is 188 Å². The van der Waals surface area contributed by atoms with E-state index in [1.807, 2.05) is 142 Å². The fourth-order valence-corrected chi connectivity index (χ4v) is 13.9. The molecule has 2 aliphatic rings. The third kappa shape index (κ3) is 22.6. The fourth-order valence-electron chi connectivity index (χ4n) is 10.4. The van der Waals surface area contributed by atoms with Gasteiger partial charge in [-0.15, -0.1) is 0 Å². The summed E-state index contributed by atoms with van der Waals surface area (Å²) in [4.78, 5) is 42.7. The zero-order chi connectivity index (χ0) is 70.8. The minimum absolute atomic E-state index is 0.00327. The van der Waals surface area contributed by atoms with Gasteiger partial charge in [-0.05, 0) is 130 Å². The molecule has 2 aliphatic heterocycles. The summed E-state index contributed by atoms with van der Waals surface area (Å²) in [6.45, 7) is 26.0. The van der Waals surface area contributed by atoms with Crippen molar-refractivity contribution in [3.8, 4) is 22.5 Å². The largest absolute Gasteiger partial charge is 0.460 e. The fraction of sp³-hybridized carbons (Fsp3) is 0.486. The lowest BCUT2D eigenvalue weighted by molar-refractivity contribution is -0.346. The van der Waals surface area contributed by atoms with Gasteiger partial charge in [0.05, 0.1) is 66.4 Å². The molecule has 6 aromatic rings. The van der Waals surface area contributed by atoms with Gasteiger partial charge in [-0.3, -0.25) is 9.59 Å². The van der Waals surface area contributed by atoms with Crippen LogP contribution in [0.15, 0.2) is 115 Å². The van der Waals surface area contributed by atoms with Gasteiger partial charge >= 0.3 is 11.9 Å². The first-order valence-electron chi connectivity index (χ1n) is 31.2. The Morgan fingerprint density at radius 3 is 1.42 bits per heavy atom. The van der Waals surface area contributed by atoms with Gasteiger partial charge < -0.3 is 37.7 Å². The number of carbonyl (C=O) groups excluding carboxylic acids is 2. The van der Waals surface area contributed by atoms with Crippen LogP contribution in [0.3, 0.4) is 0 Å². The van der Waals surface area contributed by atoms with Gasteiger partial charge in [0.2, 0.25) is 31.9 Å². The van der Waals surface area contributed by atoms with Crippen LogP contribution >= 0.6 is 7.14 Å². The molecule has 0 amide bonds. The van der Waals surface area contributed by atoms with Gasteiger partial charge in [0, 0.05) is 73.1 Å². The van der Waals surface area contributed by atoms with E-state index in [0.717, 1.165) is 21.1 Å². The van der Waals surface area contributed by atoms with E-state index in [1.54, 1.807) is 59.1 Å². The summed E-state index contributed by atoms with van der Waals surface area (Å²) in [6, 6.07) is 30.3. The minimum atomic E-state index is -3.64. The van der Waals surface area contributed by atoms with Crippen molar-refractivity contribution in [2.24, 2.45) is 0 Å². The van der Waals surface area contributed by atoms with E-state index in [0.29, 0.717) is 68.5 Å². The second-order valence-electron chi connectivity index (χ2n) is 26.9. The number of hydrogen-bond donors (Lipinski definition) is 0. The number of methoxy groups -OCH3 is 1. The lowest BCUT2D eigenvalue weighted by atomic mass is 9.97. The first-order valence-corrected chi connectivity index (χ1v) is 36.8. The molecular formula is C70H93F2N6O14PS2. The van der Waals surface area contributed by atoms with E-state index in [9.17, 15) is 39.8 Å². The summed E-state index contributed by atoms with van der Waals surface area (Å²) >= 11 is 0. The number of rotatable bonds is 19. The van der Waals surface area contributed by atoms with Gasteiger partial charge in [-0.2, -0.15) is 0 Å². The summed E-state index contributed by atoms with van der Waals surface area (Å²) in [7, 11) is -6.14. The molecule has 95 heavy (non-hydrogen) atoms. The quantitative estimate of drug-likeness (QED) is 0.0540. The molecule has 4 aromatic carbocycles. The second kappa shape index (κ2) is 31.5. The molecule has 2 aromatic heterocycles. The number of esters is 2. The smallest absolute Gasteiger partial charge is 0.308 e. The Morgan fingerprint density at radius 2 is 1.01 bits per heavy atom. The maximum absolute atomic E-state index is 15.0. The Balaban J connectivity index is 0.000000241. The van der Waals surface area contributed by atoms with Gasteiger partial charge in [0.25, 0.3) is 0 Å². The van der Waals surface area contributed by atoms with Crippen molar-refractivity contribution in [1.82, 2.24) is 19.9 Å². The monoisotopic (exact) mass is 1370 g/mol. The van der Waals surface area contributed by atoms with E-state index >= 15 is 0 Å². The number of halogens is 2. The molecule has 0 unspecified atom stereocenters. The molecule has 0 radical (unpaired) electrons. The standard InChI is InChI=1S/C29H40FN3O6S.C28H29FN3O3PS.C13H24O5/c1-18(2)25-23(15-14-21-16-22(38-29(6,7)37-21)17-24(34)39-28(3,4)5)26(19-10-12-20(30)13-11-19)32-27(31-25)33(8)40(9,35)36;1-20(2)26-25(19-36(33,23-11-7-5-8-12-23)24-13-9-6-10-14-24)27(21-15-17-22(29)18-16-21)31-28(30-26)32(3)37(4,34)35;1-12(2,3)17-10(14)7-9-8-11(15-6)18-13(4,5)16-9/h10-15,18,21-22H,16-17H2,1-9H3;5-18,20H,19H2,1-4H3;9,11H,7-8H2,1-6H3/b15-14+;;/t21-,22-;;9-,11-/m1.0/s1. The summed E-state index contributed by atoms with van der Waals surface area (Å²) in [5.74, 6) is -3.32. The van der Waals surface area contributed by atoms with Crippen molar-refractivity contribution in [3.05, 3.63) is 149 Å². The lowest BCUT2D eigenvalue weighted by Crippen LogP contribution is -2.46. The van der Waals surface area contributed by atoms with Crippen LogP contribution in [0.4, 0.5) is 20.7 Å². The number of nitrogens with zero attached hydrogens (tertiary/aromatic N) is 6. The SMILES string of the molecule is CC(C)c1nc(N(C)S(C)(=O)=O)nc(-c2ccc(F)cc2)c1/C=C/[C@@H]1C[C@H](CC(=O)OC(C)(C)C)OC(C)(C)O1.CC(C)c1nc(N(C)S(C)(=O)=O)nc(-c2ccc(F)cc2)c1CP(=O)(c1ccccc1)c1ccccc1.CO[C@@H]1C[C@H](CC(=O)OC(C)(C)C)OC(C)(C)O1. The molecule has 0 saturated carbocycles. The number of anilines is 2. The first-order chi connectivity index (χ1) is 44.0. The molecule has 4 atom stereocenters. The highest BCUT2D eigenvalue weighted by molar-refractivity contribution is 7.92. The summed E-state index contributed by atoms with van der Waals surface area (Å²) < 4.78 is 133. The normalized spacial score (nSPS) is 18.3. The second-order valence-corrected chi connectivity index (χ2v) is 33.7. The molecular weight excluding hydrogens is 1280 g/mol. The molecule has 0 N–H and O–H groups in total. The van der Waals surface area contributed by atoms with Crippen LogP contribution in [-0.4, -0.2) is 130 Å². The number of aromatic nitrogens is 4. The molecule has 25 heteroatoms. The van der Waals surface area contributed by atoms with E-state index in [2.05, 4.69) is 19.9 Å². The zero-order valence-electron chi connectivity index (χ0n) is 58.0. The Bertz CT molecular complexity index is 3860. The molecule has 0 spiro atoms. The zero-order valence-corrected chi connectivity index (χ0v) is 60.5. The minimum Gasteiger partial charge on any atom is -0.460 e. The summed E-state index contributed by atoms with van der Waals surface area (Å²) in [5, 5.41) is 1.39. The number of ether oxygens (including phenoxy) is 7. The molecule has 518 valence electrons. The Morgan fingerprint density at radius 1 is 0.611 bits per heavy atom. The van der Waals surface area contributed by atoms with Crippen molar-refractivity contribution in [1.29, 1.82) is 0 Å². The molecule has 0 aliphatic carbocycles. The highest BCUT2D eigenvalue weighted by Gasteiger charge is 2.39. The molecule has 20 nitrogen and oxygen atoms in total. The number of sulfonamides is 2. The maximum Gasteiger partial charge on any atom is 0.308 e. The molecule has 2 fully saturated rings. The lowest BCUT2D eigenvalue weighted by Gasteiger charge is -2.39. The molecule has 0 bridgehead atoms. The van der Waals surface area contributed by atoms with Crippen LogP contribution in [0, 0.1) is 11.6 Å². The van der Waals surface area contributed by atoms with E-state index in [4.69, 9.17) is 33.2 Å². The van der Waals surface area contributed by atoms with Crippen LogP contribution in [-0.2, 0) is 73.5 Å². The molecule has 8 rings (SSSR count). The number of hydrogen-bond acceptors (Lipinski definition) is 18. The van der Waals surface area contributed by atoms with Gasteiger partial charge in [0.1, 0.15) is 30.0 Å². The van der Waals surface area contributed by atoms with E-state index in [-0.39, 0.29) is 67.1 Å². The first kappa shape index (κ1) is 77.1. The predicted octanol–water partition coefficient (Wildman–Crippen LogP) is 13.0. The van der Waals surface area contributed by atoms with E-state index in [1.165, 1.54) is 38.4 Å². The maximum atomic E-state index is 15.0. The average molecular weight is 1380 g/mol. The number of benzene rings is 4. The van der Waals surface area contributed by atoms with Crippen LogP contribution < -0.4 is 19.2 Å². The van der Waals surface area contributed by atoms with Gasteiger partial charge in [0.15, 0.2) is 17.9 Å². The predicted molar refractivity (Wildman–Crippen MR) is 367 cm³/mol. The third-order valence-electron chi connectivity index (χ3n) is 14.7. The van der Waals surface area contributed by atoms with Crippen molar-refractivity contribution >= 4 is 67.7 Å². The third-order valence-corrected chi connectivity index (χ3v) is 20.0. The topological polar surface area (TPSA) is 242 Å². The van der Waals surface area contributed by atoms with E-state index < -0.39 is 73.8 Å². The molecule has 2 saturated heterocycles. The summed E-state index contributed by atoms with van der Waals surface area (Å²) in [5.41, 5.74) is 3.50. The van der Waals surface area contributed by atoms with Crippen LogP contribution in [0.2, 0.25) is 0 Å². The van der Waals surface area contributed by atoms with Crippen molar-refractivity contribution in [2.75, 3.05) is 42.3 Å². The van der Waals surface area contributed by atoms with Crippen molar-refractivity contribution in [3.63, 3.8) is 0 Å². The van der Waals surface area contributed by atoms with Crippen LogP contribution in [0.5, 0.6) is 0 Å².